The molecule has 1 aromatic rings. The van der Waals surface area contributed by atoms with Gasteiger partial charge < -0.3 is 9.53 Å². The van der Waals surface area contributed by atoms with Gasteiger partial charge in [0, 0.05) is 6.61 Å². The van der Waals surface area contributed by atoms with Crippen LogP contribution in [0.15, 0.2) is 36.0 Å². The van der Waals surface area contributed by atoms with Crippen molar-refractivity contribution in [3.05, 3.63) is 41.6 Å². The first-order valence-electron chi connectivity index (χ1n) is 9.02. The van der Waals surface area contributed by atoms with E-state index < -0.39 is 16.4 Å². The van der Waals surface area contributed by atoms with Crippen molar-refractivity contribution in [3.63, 3.8) is 0 Å². The van der Waals surface area contributed by atoms with E-state index in [2.05, 4.69) is 70.9 Å². The van der Waals surface area contributed by atoms with E-state index in [0.29, 0.717) is 0 Å². The van der Waals surface area contributed by atoms with Gasteiger partial charge in [0.2, 0.25) is 0 Å². The van der Waals surface area contributed by atoms with Crippen LogP contribution in [0.5, 0.6) is 0 Å². The highest BCUT2D eigenvalue weighted by Gasteiger charge is 2.36. The molecule has 136 valence electrons. The maximum Gasteiger partial charge on any atom is 0.191 e. The Bertz CT molecular complexity index is 543. The summed E-state index contributed by atoms with van der Waals surface area (Å²) >= 11 is 0. The molecule has 0 unspecified atom stereocenters. The number of benzene rings is 1. The number of rotatable bonds is 8. The summed E-state index contributed by atoms with van der Waals surface area (Å²) in [5.74, 6) is 0. The molecule has 0 fully saturated rings. The van der Waals surface area contributed by atoms with Crippen molar-refractivity contribution in [2.45, 2.75) is 71.4 Å². The van der Waals surface area contributed by atoms with Crippen LogP contribution in [0.4, 0.5) is 0 Å². The summed E-state index contributed by atoms with van der Waals surface area (Å²) in [6.45, 7) is 17.1. The maximum absolute atomic E-state index is 9.55. The summed E-state index contributed by atoms with van der Waals surface area (Å²) < 4.78 is 6.23. The van der Waals surface area contributed by atoms with Crippen molar-refractivity contribution in [1.82, 2.24) is 0 Å². The fraction of sp³-hybridized carbons (Fsp3) is 0.600. The van der Waals surface area contributed by atoms with Crippen molar-refractivity contribution in [3.8, 4) is 0 Å². The Balaban J connectivity index is 2.52. The third kappa shape index (κ3) is 5.99. The molecule has 4 heteroatoms. The molecule has 0 aliphatic rings. The minimum atomic E-state index is -1.64. The summed E-state index contributed by atoms with van der Waals surface area (Å²) in [4.78, 5) is 0. The van der Waals surface area contributed by atoms with E-state index in [1.165, 1.54) is 5.19 Å². The van der Waals surface area contributed by atoms with Gasteiger partial charge in [-0.1, -0.05) is 69.9 Å². The Hall–Kier alpha value is -0.686. The van der Waals surface area contributed by atoms with Crippen LogP contribution in [0.25, 0.3) is 0 Å². The number of aliphatic hydroxyl groups is 1. The number of unbranched alkanes of at least 4 members (excludes halogenated alkanes) is 1. The predicted octanol–water partition coefficient (Wildman–Crippen LogP) is 4.99. The highest BCUT2D eigenvalue weighted by Crippen LogP contribution is 2.36. The van der Waals surface area contributed by atoms with Crippen LogP contribution in [0, 0.1) is 0 Å². The van der Waals surface area contributed by atoms with Gasteiger partial charge in [0.25, 0.3) is 0 Å². The molecule has 24 heavy (non-hydrogen) atoms. The van der Waals surface area contributed by atoms with Gasteiger partial charge in [0.1, 0.15) is 8.07 Å². The lowest BCUT2D eigenvalue weighted by atomic mass is 10.2. The Morgan fingerprint density at radius 3 is 2.29 bits per heavy atom. The second-order valence-corrected chi connectivity index (χ2v) is 17.8. The van der Waals surface area contributed by atoms with E-state index in [0.717, 1.165) is 25.0 Å². The second kappa shape index (κ2) is 8.61. The number of hydrogen-bond donors (Lipinski definition) is 1. The van der Waals surface area contributed by atoms with Crippen LogP contribution < -0.4 is 5.19 Å². The van der Waals surface area contributed by atoms with Gasteiger partial charge in [-0.15, -0.1) is 0 Å². The quantitative estimate of drug-likeness (QED) is 0.520. The van der Waals surface area contributed by atoms with E-state index in [-0.39, 0.29) is 11.6 Å². The predicted molar refractivity (Wildman–Crippen MR) is 111 cm³/mol. The average Bonchev–Trinajstić information content (AvgIpc) is 2.49. The molecule has 0 heterocycles. The lowest BCUT2D eigenvalue weighted by Gasteiger charge is -2.36. The van der Waals surface area contributed by atoms with Crippen molar-refractivity contribution in [1.29, 1.82) is 0 Å². The molecular weight excluding hydrogens is 328 g/mol. The highest BCUT2D eigenvalue weighted by molar-refractivity contribution is 6.94. The summed E-state index contributed by atoms with van der Waals surface area (Å²) in [6, 6.07) is 8.28. The summed E-state index contributed by atoms with van der Waals surface area (Å²) in [5, 5.41) is 11.2. The first kappa shape index (κ1) is 21.4. The molecule has 0 saturated carbocycles. The van der Waals surface area contributed by atoms with Gasteiger partial charge in [-0.3, -0.25) is 0 Å². The Morgan fingerprint density at radius 1 is 1.08 bits per heavy atom. The Morgan fingerprint density at radius 2 is 1.71 bits per heavy atom. The zero-order valence-corrected chi connectivity index (χ0v) is 18.6. The summed E-state index contributed by atoms with van der Waals surface area (Å²) in [6.07, 6.45) is 4.46. The number of aliphatic hydroxyl groups excluding tert-OH is 1. The SMILES string of the molecule is CC(C)(C)[Si](C)(C)OCCC/C=C/[Si](C)(C)c1ccccc1CO. The molecular formula is C20H36O2Si2. The van der Waals surface area contributed by atoms with Crippen LogP contribution >= 0.6 is 0 Å². The molecule has 2 nitrogen and oxygen atoms in total. The van der Waals surface area contributed by atoms with Crippen LogP contribution in [0.3, 0.4) is 0 Å². The van der Waals surface area contributed by atoms with Crippen molar-refractivity contribution in [2.75, 3.05) is 6.61 Å². The third-order valence-corrected chi connectivity index (χ3v) is 12.7. The summed E-state index contributed by atoms with van der Waals surface area (Å²) in [5.41, 5.74) is 3.47. The Kier molecular flexibility index (Phi) is 7.66. The van der Waals surface area contributed by atoms with E-state index in [4.69, 9.17) is 4.43 Å². The number of allylic oxidation sites excluding steroid dienone is 1. The van der Waals surface area contributed by atoms with E-state index in [9.17, 15) is 5.11 Å². The van der Waals surface area contributed by atoms with Crippen LogP contribution in [-0.4, -0.2) is 28.1 Å². The van der Waals surface area contributed by atoms with Crippen molar-refractivity contribution >= 4 is 21.6 Å². The van der Waals surface area contributed by atoms with Gasteiger partial charge in [-0.25, -0.2) is 0 Å². The lowest BCUT2D eigenvalue weighted by Crippen LogP contribution is -2.42. The van der Waals surface area contributed by atoms with E-state index in [1.807, 2.05) is 12.1 Å². The molecule has 1 aromatic carbocycles. The van der Waals surface area contributed by atoms with Gasteiger partial charge in [-0.2, -0.15) is 0 Å². The fourth-order valence-electron chi connectivity index (χ4n) is 2.50. The number of hydrogen-bond acceptors (Lipinski definition) is 2. The van der Waals surface area contributed by atoms with Crippen molar-refractivity contribution in [2.24, 2.45) is 0 Å². The van der Waals surface area contributed by atoms with Crippen molar-refractivity contribution < 1.29 is 9.53 Å². The fourth-order valence-corrected chi connectivity index (χ4v) is 6.04. The largest absolute Gasteiger partial charge is 0.417 e. The lowest BCUT2D eigenvalue weighted by molar-refractivity contribution is 0.283. The molecule has 0 atom stereocenters. The third-order valence-electron chi connectivity index (χ3n) is 5.20. The molecule has 0 saturated heterocycles. The molecule has 1 N–H and O–H groups in total. The molecule has 0 bridgehead atoms. The Labute approximate surface area is 151 Å². The topological polar surface area (TPSA) is 29.5 Å². The first-order chi connectivity index (χ1) is 11.0. The van der Waals surface area contributed by atoms with Gasteiger partial charge in [-0.05, 0) is 41.7 Å². The second-order valence-electron chi connectivity index (χ2n) is 8.69. The maximum atomic E-state index is 9.55. The van der Waals surface area contributed by atoms with Gasteiger partial charge in [0.05, 0.1) is 6.61 Å². The minimum Gasteiger partial charge on any atom is -0.417 e. The molecule has 0 spiro atoms. The zero-order chi connectivity index (χ0) is 18.4. The molecule has 0 aromatic heterocycles. The molecule has 0 aliphatic carbocycles. The van der Waals surface area contributed by atoms with Gasteiger partial charge >= 0.3 is 0 Å². The summed E-state index contributed by atoms with van der Waals surface area (Å²) in [7, 11) is -3.25. The van der Waals surface area contributed by atoms with E-state index in [1.54, 1.807) is 0 Å². The van der Waals surface area contributed by atoms with E-state index >= 15 is 0 Å². The zero-order valence-electron chi connectivity index (χ0n) is 16.6. The molecule has 0 radical (unpaired) electrons. The molecule has 0 amide bonds. The monoisotopic (exact) mass is 364 g/mol. The first-order valence-corrected chi connectivity index (χ1v) is 15.0. The van der Waals surface area contributed by atoms with Crippen LogP contribution in [-0.2, 0) is 11.0 Å². The molecule has 0 aliphatic heterocycles. The van der Waals surface area contributed by atoms with Crippen LogP contribution in [0.1, 0.15) is 39.2 Å². The smallest absolute Gasteiger partial charge is 0.191 e. The van der Waals surface area contributed by atoms with Gasteiger partial charge in [0.15, 0.2) is 8.32 Å². The standard InChI is InChI=1S/C20H36O2Si2/c1-20(2,3)24(6,7)22-15-11-8-12-16-23(4,5)19-14-10-9-13-18(19)17-21/h9-10,12-14,16,21H,8,11,15,17H2,1-7H3/b16-12+. The average molecular weight is 365 g/mol. The normalized spacial score (nSPS) is 13.7. The highest BCUT2D eigenvalue weighted by atomic mass is 28.4. The van der Waals surface area contributed by atoms with Crippen LogP contribution in [0.2, 0.25) is 31.2 Å². The minimum absolute atomic E-state index is 0.126. The molecule has 1 rings (SSSR count).